The van der Waals surface area contributed by atoms with E-state index in [2.05, 4.69) is 24.1 Å². The Labute approximate surface area is 75.8 Å². The lowest BCUT2D eigenvalue weighted by Gasteiger charge is -2.24. The molecule has 3 nitrogen and oxygen atoms in total. The Hall–Kier alpha value is -0.120. The molecule has 2 N–H and O–H groups in total. The summed E-state index contributed by atoms with van der Waals surface area (Å²) in [5.41, 5.74) is 0. The minimum atomic E-state index is 0.271. The third-order valence-corrected chi connectivity index (χ3v) is 2.26. The van der Waals surface area contributed by atoms with E-state index < -0.39 is 0 Å². The van der Waals surface area contributed by atoms with Crippen molar-refractivity contribution in [2.24, 2.45) is 0 Å². The van der Waals surface area contributed by atoms with Gasteiger partial charge in [0.15, 0.2) is 0 Å². The summed E-state index contributed by atoms with van der Waals surface area (Å²) in [5, 5.41) is 12.0. The van der Waals surface area contributed by atoms with Gasteiger partial charge in [-0.25, -0.2) is 0 Å². The third kappa shape index (κ3) is 4.70. The molecular weight excluding hydrogens is 152 g/mol. The Morgan fingerprint density at radius 2 is 1.92 bits per heavy atom. The van der Waals surface area contributed by atoms with Crippen LogP contribution in [-0.2, 0) is 0 Å². The molecule has 0 aliphatic carbocycles. The molecule has 0 radical (unpaired) electrons. The minimum Gasteiger partial charge on any atom is -0.396 e. The van der Waals surface area contributed by atoms with E-state index in [4.69, 9.17) is 5.11 Å². The third-order valence-electron chi connectivity index (χ3n) is 2.26. The van der Waals surface area contributed by atoms with Crippen LogP contribution in [0.2, 0.25) is 0 Å². The molecular formula is C9H22N2O. The van der Waals surface area contributed by atoms with Crippen molar-refractivity contribution in [3.8, 4) is 0 Å². The lowest BCUT2D eigenvalue weighted by Crippen LogP contribution is -2.39. The van der Waals surface area contributed by atoms with Crippen molar-refractivity contribution in [2.75, 3.05) is 33.3 Å². The van der Waals surface area contributed by atoms with Gasteiger partial charge < -0.3 is 15.3 Å². The summed E-state index contributed by atoms with van der Waals surface area (Å²) in [6, 6.07) is 0.426. The van der Waals surface area contributed by atoms with Crippen molar-refractivity contribution in [3.63, 3.8) is 0 Å². The van der Waals surface area contributed by atoms with Crippen LogP contribution in [-0.4, -0.2) is 49.3 Å². The summed E-state index contributed by atoms with van der Waals surface area (Å²) >= 11 is 0. The quantitative estimate of drug-likeness (QED) is 0.582. The molecule has 1 unspecified atom stereocenters. The molecule has 0 bridgehead atoms. The Morgan fingerprint density at radius 1 is 1.33 bits per heavy atom. The van der Waals surface area contributed by atoms with Gasteiger partial charge in [0.25, 0.3) is 0 Å². The first-order valence-electron chi connectivity index (χ1n) is 4.78. The molecule has 0 spiro atoms. The standard InChI is InChI=1S/C9H22N2O/c1-4-11(5-2)8-9(10-3)6-7-12/h9-10,12H,4-8H2,1-3H3. The van der Waals surface area contributed by atoms with Gasteiger partial charge >= 0.3 is 0 Å². The van der Waals surface area contributed by atoms with E-state index in [0.717, 1.165) is 26.1 Å². The van der Waals surface area contributed by atoms with Crippen LogP contribution >= 0.6 is 0 Å². The lowest BCUT2D eigenvalue weighted by atomic mass is 10.2. The van der Waals surface area contributed by atoms with Crippen LogP contribution in [0.15, 0.2) is 0 Å². The summed E-state index contributed by atoms with van der Waals surface area (Å²) in [4.78, 5) is 2.36. The van der Waals surface area contributed by atoms with E-state index in [1.54, 1.807) is 0 Å². The predicted octanol–water partition coefficient (Wildman–Crippen LogP) is 0.299. The smallest absolute Gasteiger partial charge is 0.0446 e. The average Bonchev–Trinajstić information content (AvgIpc) is 2.12. The van der Waals surface area contributed by atoms with Crippen LogP contribution in [0.1, 0.15) is 20.3 Å². The number of nitrogens with zero attached hydrogens (tertiary/aromatic N) is 1. The van der Waals surface area contributed by atoms with Crippen LogP contribution in [0.25, 0.3) is 0 Å². The number of rotatable bonds is 7. The topological polar surface area (TPSA) is 35.5 Å². The summed E-state index contributed by atoms with van der Waals surface area (Å²) in [6.07, 6.45) is 0.840. The highest BCUT2D eigenvalue weighted by Crippen LogP contribution is 1.95. The molecule has 1 atom stereocenters. The first kappa shape index (κ1) is 11.9. The molecule has 74 valence electrons. The molecule has 0 saturated heterocycles. The summed E-state index contributed by atoms with van der Waals surface area (Å²) in [7, 11) is 1.95. The fraction of sp³-hybridized carbons (Fsp3) is 1.00. The SMILES string of the molecule is CCN(CC)CC(CCO)NC. The molecule has 12 heavy (non-hydrogen) atoms. The predicted molar refractivity (Wildman–Crippen MR) is 52.3 cm³/mol. The molecule has 0 aromatic rings. The van der Waals surface area contributed by atoms with Crippen LogP contribution in [0.3, 0.4) is 0 Å². The average molecular weight is 174 g/mol. The fourth-order valence-corrected chi connectivity index (χ4v) is 1.28. The number of aliphatic hydroxyl groups is 1. The molecule has 0 fully saturated rings. The van der Waals surface area contributed by atoms with Gasteiger partial charge in [-0.1, -0.05) is 13.8 Å². The Bertz CT molecular complexity index is 94.5. The molecule has 0 aliphatic rings. The Kier molecular flexibility index (Phi) is 7.45. The van der Waals surface area contributed by atoms with Crippen molar-refractivity contribution in [2.45, 2.75) is 26.3 Å². The van der Waals surface area contributed by atoms with Crippen molar-refractivity contribution in [3.05, 3.63) is 0 Å². The van der Waals surface area contributed by atoms with Crippen molar-refractivity contribution >= 4 is 0 Å². The number of likely N-dealkylation sites (N-methyl/N-ethyl adjacent to an activating group) is 2. The number of hydrogen-bond acceptors (Lipinski definition) is 3. The Morgan fingerprint density at radius 3 is 2.25 bits per heavy atom. The zero-order valence-electron chi connectivity index (χ0n) is 8.51. The van der Waals surface area contributed by atoms with Crippen LogP contribution < -0.4 is 5.32 Å². The summed E-state index contributed by atoms with van der Waals surface area (Å²) in [6.45, 7) is 7.79. The van der Waals surface area contributed by atoms with Gasteiger partial charge in [0.1, 0.15) is 0 Å². The van der Waals surface area contributed by atoms with Gasteiger partial charge in [0.05, 0.1) is 0 Å². The van der Waals surface area contributed by atoms with Gasteiger partial charge in [-0.3, -0.25) is 0 Å². The largest absolute Gasteiger partial charge is 0.396 e. The minimum absolute atomic E-state index is 0.271. The number of nitrogens with one attached hydrogen (secondary N) is 1. The van der Waals surface area contributed by atoms with Gasteiger partial charge in [0.2, 0.25) is 0 Å². The maximum Gasteiger partial charge on any atom is 0.0446 e. The second kappa shape index (κ2) is 7.53. The van der Waals surface area contributed by atoms with Gasteiger partial charge in [0, 0.05) is 19.2 Å². The summed E-state index contributed by atoms with van der Waals surface area (Å²) < 4.78 is 0. The molecule has 3 heteroatoms. The molecule has 0 aliphatic heterocycles. The van der Waals surface area contributed by atoms with E-state index >= 15 is 0 Å². The monoisotopic (exact) mass is 174 g/mol. The van der Waals surface area contributed by atoms with E-state index in [9.17, 15) is 0 Å². The normalized spacial score (nSPS) is 13.8. The van der Waals surface area contributed by atoms with Gasteiger partial charge in [-0.2, -0.15) is 0 Å². The Balaban J connectivity index is 3.65. The number of hydrogen-bond donors (Lipinski definition) is 2. The van der Waals surface area contributed by atoms with Crippen molar-refractivity contribution in [1.82, 2.24) is 10.2 Å². The fourth-order valence-electron chi connectivity index (χ4n) is 1.28. The number of aliphatic hydroxyl groups excluding tert-OH is 1. The van der Waals surface area contributed by atoms with E-state index in [1.165, 1.54) is 0 Å². The molecule has 0 saturated carbocycles. The van der Waals surface area contributed by atoms with E-state index in [1.807, 2.05) is 7.05 Å². The molecule has 0 aromatic carbocycles. The second-order valence-electron chi connectivity index (χ2n) is 2.98. The van der Waals surface area contributed by atoms with E-state index in [0.29, 0.717) is 6.04 Å². The maximum absolute atomic E-state index is 8.77. The highest BCUT2D eigenvalue weighted by Gasteiger charge is 2.08. The van der Waals surface area contributed by atoms with Crippen LogP contribution in [0.4, 0.5) is 0 Å². The molecule has 0 heterocycles. The molecule has 0 aromatic heterocycles. The van der Waals surface area contributed by atoms with Crippen molar-refractivity contribution < 1.29 is 5.11 Å². The molecule has 0 amide bonds. The first-order valence-corrected chi connectivity index (χ1v) is 4.78. The van der Waals surface area contributed by atoms with Crippen LogP contribution in [0.5, 0.6) is 0 Å². The van der Waals surface area contributed by atoms with Gasteiger partial charge in [-0.05, 0) is 26.6 Å². The maximum atomic E-state index is 8.77. The molecule has 0 rings (SSSR count). The zero-order chi connectivity index (χ0) is 9.40. The zero-order valence-corrected chi connectivity index (χ0v) is 8.51. The van der Waals surface area contributed by atoms with E-state index in [-0.39, 0.29) is 6.61 Å². The highest BCUT2D eigenvalue weighted by molar-refractivity contribution is 4.68. The lowest BCUT2D eigenvalue weighted by molar-refractivity contribution is 0.223. The van der Waals surface area contributed by atoms with Gasteiger partial charge in [-0.15, -0.1) is 0 Å². The summed E-state index contributed by atoms with van der Waals surface area (Å²) in [5.74, 6) is 0. The van der Waals surface area contributed by atoms with Crippen LogP contribution in [0, 0.1) is 0 Å². The highest BCUT2D eigenvalue weighted by atomic mass is 16.3. The second-order valence-corrected chi connectivity index (χ2v) is 2.98. The first-order chi connectivity index (χ1) is 5.78. The van der Waals surface area contributed by atoms with Crippen molar-refractivity contribution in [1.29, 1.82) is 0 Å².